The van der Waals surface area contributed by atoms with Gasteiger partial charge in [-0.05, 0) is 5.16 Å². The summed E-state index contributed by atoms with van der Waals surface area (Å²) in [5.41, 5.74) is 6.61. The van der Waals surface area contributed by atoms with Crippen LogP contribution in [0, 0.1) is 0 Å². The van der Waals surface area contributed by atoms with Gasteiger partial charge >= 0.3 is 0 Å². The first-order valence-corrected chi connectivity index (χ1v) is 1.39. The molecule has 1 radical (unpaired) electrons. The van der Waals surface area contributed by atoms with Crippen LogP contribution in [0.3, 0.4) is 0 Å². The molecule has 0 fully saturated rings. The minimum atomic E-state index is 0.0648. The van der Waals surface area contributed by atoms with Crippen molar-refractivity contribution < 1.29 is 4.63 Å². The summed E-state index contributed by atoms with van der Waals surface area (Å²) < 4.78 is 4.03. The zero-order chi connectivity index (χ0) is 4.41. The maximum atomic E-state index is 6.61. The molecule has 0 aliphatic carbocycles. The molecule has 1 aromatic rings. The lowest BCUT2D eigenvalue weighted by Crippen LogP contribution is -1.58. The molecule has 0 unspecified atom stereocenters. The average molecular weight is 84.1 g/mol. The second-order valence-corrected chi connectivity index (χ2v) is 0.793. The summed E-state index contributed by atoms with van der Waals surface area (Å²) in [6, 6.07) is 0. The van der Waals surface area contributed by atoms with Crippen LogP contribution in [0.15, 0.2) is 10.8 Å². The standard InChI is InChI=1S/C2H2N3O/c3-2-1-4-6-5-2/h1,3H. The Morgan fingerprint density at radius 1 is 1.83 bits per heavy atom. The summed E-state index contributed by atoms with van der Waals surface area (Å²) in [5.74, 6) is 0.0648. The SMILES string of the molecule is [NH]c1cnon1. The first kappa shape index (κ1) is 3.14. The summed E-state index contributed by atoms with van der Waals surface area (Å²) in [6.45, 7) is 0. The highest BCUT2D eigenvalue weighted by Gasteiger charge is 1.82. The van der Waals surface area contributed by atoms with Crippen LogP contribution in [0.1, 0.15) is 0 Å². The Bertz CT molecular complexity index is 112. The Hall–Kier alpha value is -1.06. The van der Waals surface area contributed by atoms with Crippen molar-refractivity contribution in [3.8, 4) is 0 Å². The molecule has 0 saturated heterocycles. The van der Waals surface area contributed by atoms with Crippen molar-refractivity contribution in [2.45, 2.75) is 0 Å². The Morgan fingerprint density at radius 2 is 2.67 bits per heavy atom. The molecule has 1 heterocycles. The first-order chi connectivity index (χ1) is 2.89. The third-order valence-corrected chi connectivity index (χ3v) is 0.361. The molecule has 6 heavy (non-hydrogen) atoms. The van der Waals surface area contributed by atoms with Crippen LogP contribution >= 0.6 is 0 Å². The third-order valence-electron chi connectivity index (χ3n) is 0.361. The minimum absolute atomic E-state index is 0.0648. The highest BCUT2D eigenvalue weighted by molar-refractivity contribution is 5.11. The molecule has 1 rings (SSSR count). The zero-order valence-corrected chi connectivity index (χ0v) is 2.88. The Kier molecular flexibility index (Phi) is 0.506. The monoisotopic (exact) mass is 84.0 g/mol. The van der Waals surface area contributed by atoms with Gasteiger partial charge in [-0.1, -0.05) is 5.16 Å². The summed E-state index contributed by atoms with van der Waals surface area (Å²) in [7, 11) is 0. The molecule has 1 aromatic heterocycles. The second-order valence-electron chi connectivity index (χ2n) is 0.793. The van der Waals surface area contributed by atoms with Gasteiger partial charge in [-0.2, -0.15) is 0 Å². The quantitative estimate of drug-likeness (QED) is 0.444. The average Bonchev–Trinajstić information content (AvgIpc) is 1.86. The van der Waals surface area contributed by atoms with Crippen molar-refractivity contribution in [1.29, 1.82) is 0 Å². The predicted octanol–water partition coefficient (Wildman–Crippen LogP) is -0.0160. The van der Waals surface area contributed by atoms with Crippen LogP contribution in [0.2, 0.25) is 0 Å². The highest BCUT2D eigenvalue weighted by Crippen LogP contribution is 1.88. The van der Waals surface area contributed by atoms with Gasteiger partial charge in [0.15, 0.2) is 0 Å². The van der Waals surface area contributed by atoms with Gasteiger partial charge in [0.25, 0.3) is 0 Å². The highest BCUT2D eigenvalue weighted by atomic mass is 16.6. The van der Waals surface area contributed by atoms with E-state index in [2.05, 4.69) is 14.9 Å². The molecule has 4 heteroatoms. The minimum Gasteiger partial charge on any atom is -0.279 e. The van der Waals surface area contributed by atoms with Gasteiger partial charge in [0.2, 0.25) is 5.82 Å². The van der Waals surface area contributed by atoms with Gasteiger partial charge < -0.3 is 0 Å². The van der Waals surface area contributed by atoms with E-state index in [0.717, 1.165) is 0 Å². The van der Waals surface area contributed by atoms with E-state index >= 15 is 0 Å². The van der Waals surface area contributed by atoms with Crippen LogP contribution < -0.4 is 5.73 Å². The summed E-state index contributed by atoms with van der Waals surface area (Å²) in [5, 5.41) is 6.25. The lowest BCUT2D eigenvalue weighted by Gasteiger charge is -1.58. The van der Waals surface area contributed by atoms with E-state index in [4.69, 9.17) is 5.73 Å². The molecule has 0 saturated carbocycles. The fourth-order valence-electron chi connectivity index (χ4n) is 0.165. The van der Waals surface area contributed by atoms with Crippen molar-refractivity contribution in [3.63, 3.8) is 0 Å². The maximum Gasteiger partial charge on any atom is 0.209 e. The van der Waals surface area contributed by atoms with Crippen LogP contribution in [-0.2, 0) is 0 Å². The van der Waals surface area contributed by atoms with E-state index in [1.165, 1.54) is 6.20 Å². The molecular formula is C2H2N3O. The first-order valence-electron chi connectivity index (χ1n) is 1.39. The topological polar surface area (TPSA) is 62.7 Å². The number of hydrogen-bond donors (Lipinski definition) is 0. The van der Waals surface area contributed by atoms with E-state index in [1.54, 1.807) is 0 Å². The Labute approximate surface area is 33.9 Å². The fraction of sp³-hybridized carbons (Fsp3) is 0. The number of nitrogens with one attached hydrogen (secondary N) is 1. The molecule has 0 aromatic carbocycles. The lowest BCUT2D eigenvalue weighted by atomic mass is 10.8. The number of aromatic nitrogens is 2. The summed E-state index contributed by atoms with van der Waals surface area (Å²) in [4.78, 5) is 0. The van der Waals surface area contributed by atoms with Crippen molar-refractivity contribution in [3.05, 3.63) is 6.20 Å². The van der Waals surface area contributed by atoms with Crippen molar-refractivity contribution in [2.75, 3.05) is 0 Å². The molecule has 0 amide bonds. The Balaban J connectivity index is 3.05. The van der Waals surface area contributed by atoms with Crippen LogP contribution in [0.25, 0.3) is 0 Å². The maximum absolute atomic E-state index is 6.61. The number of nitrogens with zero attached hydrogens (tertiary/aromatic N) is 2. The van der Waals surface area contributed by atoms with Gasteiger partial charge in [-0.3, -0.25) is 5.73 Å². The lowest BCUT2D eigenvalue weighted by molar-refractivity contribution is 0.308. The predicted molar refractivity (Wildman–Crippen MR) is 17.1 cm³/mol. The summed E-state index contributed by atoms with van der Waals surface area (Å²) >= 11 is 0. The van der Waals surface area contributed by atoms with Crippen LogP contribution in [0.4, 0.5) is 5.82 Å². The fourth-order valence-corrected chi connectivity index (χ4v) is 0.165. The van der Waals surface area contributed by atoms with Gasteiger partial charge in [0.1, 0.15) is 6.20 Å². The van der Waals surface area contributed by atoms with Gasteiger partial charge in [-0.25, -0.2) is 4.63 Å². The van der Waals surface area contributed by atoms with Crippen molar-refractivity contribution >= 4 is 5.82 Å². The zero-order valence-electron chi connectivity index (χ0n) is 2.88. The smallest absolute Gasteiger partial charge is 0.209 e. The molecule has 0 bridgehead atoms. The molecular weight excluding hydrogens is 82.0 g/mol. The van der Waals surface area contributed by atoms with E-state index < -0.39 is 0 Å². The summed E-state index contributed by atoms with van der Waals surface area (Å²) in [6.07, 6.45) is 1.22. The molecule has 4 nitrogen and oxygen atoms in total. The van der Waals surface area contributed by atoms with Crippen LogP contribution in [0.5, 0.6) is 0 Å². The molecule has 0 spiro atoms. The molecule has 0 atom stereocenters. The molecule has 1 N–H and O–H groups in total. The molecule has 0 aliphatic heterocycles. The molecule has 31 valence electrons. The van der Waals surface area contributed by atoms with Crippen molar-refractivity contribution in [1.82, 2.24) is 16.0 Å². The van der Waals surface area contributed by atoms with Crippen LogP contribution in [-0.4, -0.2) is 10.3 Å². The van der Waals surface area contributed by atoms with Gasteiger partial charge in [0, 0.05) is 0 Å². The third kappa shape index (κ3) is 0.314. The number of rotatable bonds is 0. The largest absolute Gasteiger partial charge is 0.279 e. The van der Waals surface area contributed by atoms with E-state index in [-0.39, 0.29) is 5.82 Å². The van der Waals surface area contributed by atoms with E-state index in [0.29, 0.717) is 0 Å². The number of hydrogen-bond acceptors (Lipinski definition) is 3. The van der Waals surface area contributed by atoms with E-state index in [1.807, 2.05) is 0 Å². The Morgan fingerprint density at radius 3 is 2.83 bits per heavy atom. The normalized spacial score (nSPS) is 8.67. The molecule has 0 aliphatic rings. The van der Waals surface area contributed by atoms with E-state index in [9.17, 15) is 0 Å². The van der Waals surface area contributed by atoms with Crippen molar-refractivity contribution in [2.24, 2.45) is 0 Å². The van der Waals surface area contributed by atoms with Gasteiger partial charge in [0.05, 0.1) is 0 Å². The van der Waals surface area contributed by atoms with Gasteiger partial charge in [-0.15, -0.1) is 0 Å². The second kappa shape index (κ2) is 0.965.